The van der Waals surface area contributed by atoms with Crippen LogP contribution in [0.15, 0.2) is 29.3 Å². The molecule has 3 rings (SSSR count). The van der Waals surface area contributed by atoms with Crippen molar-refractivity contribution in [2.24, 2.45) is 4.99 Å². The standard InChI is InChI=1S/C21H29F3N4O2.HI/c1-2-25-20(26-14-19(29)27-9-4-3-5-10-27)28-11-12-30-18(15-28)16-7-6-8-17(13-16)21(22,23)24;/h6-8,13,18H,2-5,9-12,14-15H2,1H3,(H,25,26);1H. The molecule has 10 heteroatoms. The summed E-state index contributed by atoms with van der Waals surface area (Å²) in [6, 6.07) is 5.24. The molecule has 0 saturated carbocycles. The fraction of sp³-hybridized carbons (Fsp3) is 0.619. The van der Waals surface area contributed by atoms with E-state index >= 15 is 0 Å². The number of nitrogens with one attached hydrogen (secondary N) is 1. The van der Waals surface area contributed by atoms with Crippen LogP contribution in [0.1, 0.15) is 43.4 Å². The van der Waals surface area contributed by atoms with Crippen LogP contribution in [0.5, 0.6) is 0 Å². The van der Waals surface area contributed by atoms with E-state index in [1.807, 2.05) is 16.7 Å². The maximum atomic E-state index is 13.1. The number of carbonyl (C=O) groups is 1. The minimum atomic E-state index is -4.39. The average Bonchev–Trinajstić information content (AvgIpc) is 2.76. The zero-order valence-electron chi connectivity index (χ0n) is 17.7. The summed E-state index contributed by atoms with van der Waals surface area (Å²) in [5, 5.41) is 3.19. The van der Waals surface area contributed by atoms with Crippen LogP contribution in [0.2, 0.25) is 0 Å². The summed E-state index contributed by atoms with van der Waals surface area (Å²) in [5.74, 6) is 0.593. The van der Waals surface area contributed by atoms with E-state index in [0.29, 0.717) is 37.8 Å². The number of alkyl halides is 3. The van der Waals surface area contributed by atoms with Gasteiger partial charge in [0.2, 0.25) is 5.91 Å². The summed E-state index contributed by atoms with van der Waals surface area (Å²) in [7, 11) is 0. The lowest BCUT2D eigenvalue weighted by Gasteiger charge is -2.35. The van der Waals surface area contributed by atoms with Gasteiger partial charge in [-0.2, -0.15) is 13.2 Å². The third-order valence-corrected chi connectivity index (χ3v) is 5.36. The molecule has 2 heterocycles. The van der Waals surface area contributed by atoms with Gasteiger partial charge in [0.05, 0.1) is 18.7 Å². The number of aliphatic imine (C=N–C) groups is 1. The van der Waals surface area contributed by atoms with Gasteiger partial charge in [-0.15, -0.1) is 24.0 Å². The van der Waals surface area contributed by atoms with Gasteiger partial charge in [0, 0.05) is 26.2 Å². The van der Waals surface area contributed by atoms with Crippen molar-refractivity contribution < 1.29 is 22.7 Å². The Labute approximate surface area is 198 Å². The van der Waals surface area contributed by atoms with Gasteiger partial charge < -0.3 is 19.9 Å². The molecule has 0 aromatic heterocycles. The van der Waals surface area contributed by atoms with Crippen molar-refractivity contribution in [3.63, 3.8) is 0 Å². The lowest BCUT2D eigenvalue weighted by molar-refractivity contribution is -0.137. The van der Waals surface area contributed by atoms with E-state index in [1.54, 1.807) is 6.07 Å². The molecule has 0 radical (unpaired) electrons. The number of piperidine rings is 1. The smallest absolute Gasteiger partial charge is 0.370 e. The van der Waals surface area contributed by atoms with Gasteiger partial charge in [-0.05, 0) is 43.9 Å². The first-order chi connectivity index (χ1) is 14.4. The van der Waals surface area contributed by atoms with Gasteiger partial charge in [0.15, 0.2) is 5.96 Å². The second kappa shape index (κ2) is 11.9. The summed E-state index contributed by atoms with van der Waals surface area (Å²) in [6.07, 6.45) is -1.69. The quantitative estimate of drug-likeness (QED) is 0.351. The number of hydrogen-bond donors (Lipinski definition) is 1. The van der Waals surface area contributed by atoms with Crippen molar-refractivity contribution in [1.82, 2.24) is 15.1 Å². The second-order valence-electron chi connectivity index (χ2n) is 7.54. The number of nitrogens with zero attached hydrogens (tertiary/aromatic N) is 3. The van der Waals surface area contributed by atoms with Gasteiger partial charge in [0.25, 0.3) is 0 Å². The molecule has 0 bridgehead atoms. The predicted molar refractivity (Wildman–Crippen MR) is 124 cm³/mol. The summed E-state index contributed by atoms with van der Waals surface area (Å²) >= 11 is 0. The Hall–Kier alpha value is -1.56. The molecule has 1 atom stereocenters. The van der Waals surface area contributed by atoms with Crippen LogP contribution in [0.25, 0.3) is 0 Å². The first-order valence-corrected chi connectivity index (χ1v) is 10.5. The second-order valence-corrected chi connectivity index (χ2v) is 7.54. The van der Waals surface area contributed by atoms with Crippen LogP contribution in [0, 0.1) is 0 Å². The maximum Gasteiger partial charge on any atom is 0.416 e. The molecule has 1 unspecified atom stereocenters. The lowest BCUT2D eigenvalue weighted by Crippen LogP contribution is -2.48. The Morgan fingerprint density at radius 2 is 1.94 bits per heavy atom. The topological polar surface area (TPSA) is 57.2 Å². The molecule has 31 heavy (non-hydrogen) atoms. The molecule has 2 aliphatic rings. The number of morpholine rings is 1. The Balaban J connectivity index is 0.00000341. The van der Waals surface area contributed by atoms with Crippen molar-refractivity contribution in [3.05, 3.63) is 35.4 Å². The summed E-state index contributed by atoms with van der Waals surface area (Å²) < 4.78 is 44.9. The monoisotopic (exact) mass is 554 g/mol. The summed E-state index contributed by atoms with van der Waals surface area (Å²) in [5.41, 5.74) is -0.205. The van der Waals surface area contributed by atoms with E-state index in [1.165, 1.54) is 6.07 Å². The van der Waals surface area contributed by atoms with Gasteiger partial charge in [-0.1, -0.05) is 12.1 Å². The molecule has 2 saturated heterocycles. The highest BCUT2D eigenvalue weighted by Crippen LogP contribution is 2.32. The van der Waals surface area contributed by atoms with Gasteiger partial charge >= 0.3 is 6.18 Å². The van der Waals surface area contributed by atoms with E-state index in [-0.39, 0.29) is 36.4 Å². The first kappa shape index (κ1) is 25.7. The van der Waals surface area contributed by atoms with E-state index in [0.717, 1.165) is 44.5 Å². The molecular formula is C21H30F3IN4O2. The number of ether oxygens (including phenoxy) is 1. The minimum absolute atomic E-state index is 0. The molecule has 2 fully saturated rings. The largest absolute Gasteiger partial charge is 0.416 e. The average molecular weight is 554 g/mol. The predicted octanol–water partition coefficient (Wildman–Crippen LogP) is 3.67. The number of benzene rings is 1. The fourth-order valence-electron chi connectivity index (χ4n) is 3.77. The van der Waals surface area contributed by atoms with Crippen molar-refractivity contribution in [2.45, 2.75) is 38.5 Å². The molecule has 1 amide bonds. The first-order valence-electron chi connectivity index (χ1n) is 10.5. The van der Waals surface area contributed by atoms with Crippen molar-refractivity contribution >= 4 is 35.8 Å². The van der Waals surface area contributed by atoms with Crippen molar-refractivity contribution in [1.29, 1.82) is 0 Å². The number of halogens is 4. The zero-order valence-corrected chi connectivity index (χ0v) is 20.0. The SMILES string of the molecule is CCNC(=NCC(=O)N1CCCCC1)N1CCOC(c2cccc(C(F)(F)F)c2)C1.I. The molecule has 6 nitrogen and oxygen atoms in total. The van der Waals surface area contributed by atoms with Crippen molar-refractivity contribution in [2.75, 3.05) is 45.9 Å². The highest BCUT2D eigenvalue weighted by Gasteiger charge is 2.32. The third-order valence-electron chi connectivity index (χ3n) is 5.36. The van der Waals surface area contributed by atoms with Crippen LogP contribution in [0.3, 0.4) is 0 Å². The Bertz CT molecular complexity index is 754. The molecule has 2 aliphatic heterocycles. The molecule has 1 aromatic rings. The number of rotatable bonds is 4. The normalized spacial score (nSPS) is 20.3. The minimum Gasteiger partial charge on any atom is -0.370 e. The summed E-state index contributed by atoms with van der Waals surface area (Å²) in [6.45, 7) is 5.47. The Kier molecular flexibility index (Phi) is 9.86. The van der Waals surface area contributed by atoms with E-state index in [4.69, 9.17) is 4.74 Å². The molecule has 0 spiro atoms. The fourth-order valence-corrected chi connectivity index (χ4v) is 3.77. The van der Waals surface area contributed by atoms with Gasteiger partial charge in [0.1, 0.15) is 12.6 Å². The molecule has 174 valence electrons. The molecule has 1 N–H and O–H groups in total. The van der Waals surface area contributed by atoms with Crippen LogP contribution in [-0.2, 0) is 15.7 Å². The van der Waals surface area contributed by atoms with Crippen LogP contribution < -0.4 is 5.32 Å². The van der Waals surface area contributed by atoms with E-state index in [2.05, 4.69) is 10.3 Å². The lowest BCUT2D eigenvalue weighted by atomic mass is 10.0. The van der Waals surface area contributed by atoms with E-state index in [9.17, 15) is 18.0 Å². The number of likely N-dealkylation sites (tertiary alicyclic amines) is 1. The van der Waals surface area contributed by atoms with Gasteiger partial charge in [-0.25, -0.2) is 4.99 Å². The Morgan fingerprint density at radius 1 is 1.19 bits per heavy atom. The highest BCUT2D eigenvalue weighted by molar-refractivity contribution is 14.0. The van der Waals surface area contributed by atoms with Crippen LogP contribution in [0.4, 0.5) is 13.2 Å². The van der Waals surface area contributed by atoms with Crippen LogP contribution >= 0.6 is 24.0 Å². The maximum absolute atomic E-state index is 13.1. The molecule has 0 aliphatic carbocycles. The number of hydrogen-bond acceptors (Lipinski definition) is 3. The zero-order chi connectivity index (χ0) is 21.6. The molecule has 1 aromatic carbocycles. The van der Waals surface area contributed by atoms with Gasteiger partial charge in [-0.3, -0.25) is 4.79 Å². The number of carbonyl (C=O) groups excluding carboxylic acids is 1. The third kappa shape index (κ3) is 7.23. The highest BCUT2D eigenvalue weighted by atomic mass is 127. The number of amides is 1. The molecular weight excluding hydrogens is 524 g/mol. The Morgan fingerprint density at radius 3 is 2.61 bits per heavy atom. The number of guanidine groups is 1. The summed E-state index contributed by atoms with van der Waals surface area (Å²) in [4.78, 5) is 20.7. The van der Waals surface area contributed by atoms with Crippen molar-refractivity contribution in [3.8, 4) is 0 Å². The van der Waals surface area contributed by atoms with Crippen LogP contribution in [-0.4, -0.2) is 67.5 Å². The van der Waals surface area contributed by atoms with E-state index < -0.39 is 17.8 Å².